The van der Waals surface area contributed by atoms with Gasteiger partial charge in [-0.05, 0) is 49.7 Å². The van der Waals surface area contributed by atoms with Gasteiger partial charge in [0.05, 0.1) is 16.1 Å². The molecule has 0 heterocycles. The minimum absolute atomic E-state index is 0.184. The number of esters is 1. The largest absolute Gasteiger partial charge is 0.452 e. The summed E-state index contributed by atoms with van der Waals surface area (Å²) in [5.41, 5.74) is 1.61. The Morgan fingerprint density at radius 2 is 1.63 bits per heavy atom. The van der Waals surface area contributed by atoms with Crippen LogP contribution in [0.3, 0.4) is 0 Å². The van der Waals surface area contributed by atoms with Gasteiger partial charge in [0.2, 0.25) is 0 Å². The van der Waals surface area contributed by atoms with Crippen LogP contribution in [0.2, 0.25) is 0 Å². The summed E-state index contributed by atoms with van der Waals surface area (Å²) in [6.45, 7) is 4.16. The zero-order chi connectivity index (χ0) is 22.1. The summed E-state index contributed by atoms with van der Waals surface area (Å²) in [4.78, 5) is 24.0. The van der Waals surface area contributed by atoms with E-state index in [1.165, 1.54) is 31.3 Å². The Morgan fingerprint density at radius 3 is 2.23 bits per heavy atom. The van der Waals surface area contributed by atoms with E-state index in [0.29, 0.717) is 12.2 Å². The van der Waals surface area contributed by atoms with Crippen LogP contribution in [-0.2, 0) is 19.6 Å². The van der Waals surface area contributed by atoms with Gasteiger partial charge in [-0.25, -0.2) is 13.2 Å². The van der Waals surface area contributed by atoms with Crippen LogP contribution >= 0.6 is 0 Å². The van der Waals surface area contributed by atoms with Crippen molar-refractivity contribution >= 4 is 27.6 Å². The highest BCUT2D eigenvalue weighted by atomic mass is 32.2. The van der Waals surface area contributed by atoms with E-state index in [0.717, 1.165) is 29.1 Å². The molecule has 0 aromatic heterocycles. The Labute approximate surface area is 178 Å². The standard InChI is InChI=1S/C22H28N2O5S/c1-4-5-6-15-23-21(25)16-29-22(26)18-9-11-19(12-10-18)24(3)30(27,28)20-13-7-17(2)8-14-20/h7-14H,4-6,15-16H2,1-3H3,(H,23,25). The second-order valence-corrected chi connectivity index (χ2v) is 8.93. The highest BCUT2D eigenvalue weighted by Crippen LogP contribution is 2.22. The fourth-order valence-electron chi connectivity index (χ4n) is 2.68. The summed E-state index contributed by atoms with van der Waals surface area (Å²) >= 11 is 0. The highest BCUT2D eigenvalue weighted by molar-refractivity contribution is 7.92. The molecule has 0 aliphatic carbocycles. The van der Waals surface area contributed by atoms with Crippen molar-refractivity contribution < 1.29 is 22.7 Å². The summed E-state index contributed by atoms with van der Waals surface area (Å²) in [6, 6.07) is 12.6. The summed E-state index contributed by atoms with van der Waals surface area (Å²) in [5.74, 6) is -0.991. The molecule has 7 nitrogen and oxygen atoms in total. The van der Waals surface area contributed by atoms with Gasteiger partial charge in [0.1, 0.15) is 0 Å². The molecule has 0 saturated carbocycles. The molecular weight excluding hydrogens is 404 g/mol. The zero-order valence-electron chi connectivity index (χ0n) is 17.6. The number of hydrogen-bond acceptors (Lipinski definition) is 5. The average Bonchev–Trinajstić information content (AvgIpc) is 2.75. The Kier molecular flexibility index (Phi) is 8.41. The smallest absolute Gasteiger partial charge is 0.338 e. The zero-order valence-corrected chi connectivity index (χ0v) is 18.4. The number of nitrogens with zero attached hydrogens (tertiary/aromatic N) is 1. The number of nitrogens with one attached hydrogen (secondary N) is 1. The molecule has 0 radical (unpaired) electrons. The lowest BCUT2D eigenvalue weighted by Gasteiger charge is -2.19. The number of aryl methyl sites for hydroxylation is 1. The number of anilines is 1. The van der Waals surface area contributed by atoms with Gasteiger partial charge >= 0.3 is 5.97 Å². The number of amides is 1. The predicted molar refractivity (Wildman–Crippen MR) is 116 cm³/mol. The molecule has 0 saturated heterocycles. The van der Waals surface area contributed by atoms with Crippen molar-refractivity contribution in [2.24, 2.45) is 0 Å². The summed E-state index contributed by atoms with van der Waals surface area (Å²) < 4.78 is 31.7. The molecule has 1 N–H and O–H groups in total. The number of carbonyl (C=O) groups excluding carboxylic acids is 2. The van der Waals surface area contributed by atoms with Crippen molar-refractivity contribution in [2.45, 2.75) is 38.0 Å². The van der Waals surface area contributed by atoms with E-state index in [-0.39, 0.29) is 23.0 Å². The molecule has 0 aliphatic heterocycles. The molecule has 0 aliphatic rings. The fraction of sp³-hybridized carbons (Fsp3) is 0.364. The van der Waals surface area contributed by atoms with E-state index in [2.05, 4.69) is 12.2 Å². The van der Waals surface area contributed by atoms with E-state index in [1.54, 1.807) is 24.3 Å². The molecule has 0 bridgehead atoms. The summed E-state index contributed by atoms with van der Waals surface area (Å²) in [5, 5.41) is 2.69. The monoisotopic (exact) mass is 432 g/mol. The quantitative estimate of drug-likeness (QED) is 0.459. The van der Waals surface area contributed by atoms with E-state index < -0.39 is 16.0 Å². The van der Waals surface area contributed by atoms with Gasteiger partial charge in [-0.2, -0.15) is 0 Å². The minimum Gasteiger partial charge on any atom is -0.452 e. The van der Waals surface area contributed by atoms with Gasteiger partial charge < -0.3 is 10.1 Å². The third-order valence-corrected chi connectivity index (χ3v) is 6.38. The minimum atomic E-state index is -3.71. The lowest BCUT2D eigenvalue weighted by Crippen LogP contribution is -2.29. The Bertz CT molecular complexity index is 954. The molecule has 0 fully saturated rings. The number of benzene rings is 2. The van der Waals surface area contributed by atoms with Crippen LogP contribution in [0.15, 0.2) is 53.4 Å². The number of ether oxygens (including phenoxy) is 1. The number of carbonyl (C=O) groups is 2. The highest BCUT2D eigenvalue weighted by Gasteiger charge is 2.21. The molecule has 162 valence electrons. The van der Waals surface area contributed by atoms with E-state index >= 15 is 0 Å². The van der Waals surface area contributed by atoms with Crippen molar-refractivity contribution in [1.82, 2.24) is 5.32 Å². The number of hydrogen-bond donors (Lipinski definition) is 1. The van der Waals surface area contributed by atoms with Crippen LogP contribution in [0.5, 0.6) is 0 Å². The lowest BCUT2D eigenvalue weighted by atomic mass is 10.2. The maximum Gasteiger partial charge on any atom is 0.338 e. The van der Waals surface area contributed by atoms with Crippen molar-refractivity contribution in [1.29, 1.82) is 0 Å². The lowest BCUT2D eigenvalue weighted by molar-refractivity contribution is -0.124. The first kappa shape index (κ1) is 23.4. The van der Waals surface area contributed by atoms with Gasteiger partial charge in [-0.3, -0.25) is 9.10 Å². The van der Waals surface area contributed by atoms with E-state index in [9.17, 15) is 18.0 Å². The Hall–Kier alpha value is -2.87. The maximum atomic E-state index is 12.8. The Balaban J connectivity index is 1.96. The molecule has 0 atom stereocenters. The number of unbranched alkanes of at least 4 members (excludes halogenated alkanes) is 2. The number of sulfonamides is 1. The van der Waals surface area contributed by atoms with Crippen LogP contribution in [0, 0.1) is 6.92 Å². The second kappa shape index (κ2) is 10.8. The maximum absolute atomic E-state index is 12.8. The number of rotatable bonds is 10. The first-order valence-electron chi connectivity index (χ1n) is 9.85. The summed E-state index contributed by atoms with van der Waals surface area (Å²) in [6.07, 6.45) is 2.97. The first-order chi connectivity index (χ1) is 14.3. The van der Waals surface area contributed by atoms with Crippen LogP contribution in [0.1, 0.15) is 42.1 Å². The second-order valence-electron chi connectivity index (χ2n) is 6.97. The van der Waals surface area contributed by atoms with Crippen LogP contribution < -0.4 is 9.62 Å². The molecule has 0 spiro atoms. The van der Waals surface area contributed by atoms with Crippen molar-refractivity contribution in [3.63, 3.8) is 0 Å². The predicted octanol–water partition coefficient (Wildman–Crippen LogP) is 3.28. The van der Waals surface area contributed by atoms with Crippen LogP contribution in [0.25, 0.3) is 0 Å². The molecule has 2 aromatic rings. The topological polar surface area (TPSA) is 92.8 Å². The molecule has 2 rings (SSSR count). The van der Waals surface area contributed by atoms with Crippen molar-refractivity contribution in [3.05, 3.63) is 59.7 Å². The van der Waals surface area contributed by atoms with Gasteiger partial charge in [0.15, 0.2) is 6.61 Å². The van der Waals surface area contributed by atoms with Gasteiger partial charge in [-0.1, -0.05) is 37.5 Å². The van der Waals surface area contributed by atoms with Crippen molar-refractivity contribution in [3.8, 4) is 0 Å². The molecule has 2 aromatic carbocycles. The third-order valence-electron chi connectivity index (χ3n) is 4.58. The van der Waals surface area contributed by atoms with Gasteiger partial charge in [-0.15, -0.1) is 0 Å². The molecule has 30 heavy (non-hydrogen) atoms. The fourth-order valence-corrected chi connectivity index (χ4v) is 3.88. The van der Waals surface area contributed by atoms with E-state index in [1.807, 2.05) is 6.92 Å². The van der Waals surface area contributed by atoms with E-state index in [4.69, 9.17) is 4.74 Å². The Morgan fingerprint density at radius 1 is 1.00 bits per heavy atom. The van der Waals surface area contributed by atoms with Gasteiger partial charge in [0, 0.05) is 13.6 Å². The van der Waals surface area contributed by atoms with Gasteiger partial charge in [0.25, 0.3) is 15.9 Å². The average molecular weight is 433 g/mol. The molecular formula is C22H28N2O5S. The normalized spacial score (nSPS) is 11.0. The molecule has 0 unspecified atom stereocenters. The third kappa shape index (κ3) is 6.32. The molecule has 8 heteroatoms. The molecule has 1 amide bonds. The summed E-state index contributed by atoms with van der Waals surface area (Å²) in [7, 11) is -2.26. The van der Waals surface area contributed by atoms with Crippen LogP contribution in [0.4, 0.5) is 5.69 Å². The first-order valence-corrected chi connectivity index (χ1v) is 11.3. The van der Waals surface area contributed by atoms with Crippen molar-refractivity contribution in [2.75, 3.05) is 24.5 Å². The SMILES string of the molecule is CCCCCNC(=O)COC(=O)c1ccc(N(C)S(=O)(=O)c2ccc(C)cc2)cc1. The van der Waals surface area contributed by atoms with Crippen LogP contribution in [-0.4, -0.2) is 40.5 Å².